The summed E-state index contributed by atoms with van der Waals surface area (Å²) in [5.74, 6) is 0. The molecule has 0 spiro atoms. The van der Waals surface area contributed by atoms with E-state index in [1.165, 1.54) is 10.8 Å². The maximum atomic E-state index is 2.89. The molecule has 0 saturated carbocycles. The summed E-state index contributed by atoms with van der Waals surface area (Å²) in [7, 11) is 0. The van der Waals surface area contributed by atoms with Crippen LogP contribution >= 0.6 is 0 Å². The maximum Gasteiger partial charge on any atom is 0.166 e. The van der Waals surface area contributed by atoms with Gasteiger partial charge in [-0.1, -0.05) is 54.6 Å². The number of aromatic nitrogens is 1. The van der Waals surface area contributed by atoms with E-state index in [-0.39, 0.29) is 12.4 Å². The van der Waals surface area contributed by atoms with Crippen LogP contribution in [0.1, 0.15) is 0 Å². The van der Waals surface area contributed by atoms with Gasteiger partial charge in [-0.15, -0.1) is 0 Å². The lowest BCUT2D eigenvalue weighted by Gasteiger charge is -1.92. The lowest BCUT2D eigenvalue weighted by molar-refractivity contribution is -0.377. The number of halogens is 1. The van der Waals surface area contributed by atoms with Gasteiger partial charge in [0, 0.05) is 12.1 Å². The van der Waals surface area contributed by atoms with Gasteiger partial charge < -0.3 is 12.4 Å². The van der Waals surface area contributed by atoms with Crippen LogP contribution in [0.15, 0.2) is 79.1 Å². The van der Waals surface area contributed by atoms with Gasteiger partial charge in [0.25, 0.3) is 0 Å². The molecule has 2 heteroatoms. The van der Waals surface area contributed by atoms with Crippen LogP contribution in [0, 0.1) is 0 Å². The fourth-order valence-corrected chi connectivity index (χ4v) is 1.47. The Hall–Kier alpha value is -1.86. The molecule has 0 aliphatic rings. The number of benzene rings is 2. The van der Waals surface area contributed by atoms with E-state index in [2.05, 4.69) is 53.5 Å². The van der Waals surface area contributed by atoms with Crippen molar-refractivity contribution in [1.29, 1.82) is 0 Å². The van der Waals surface area contributed by atoms with Gasteiger partial charge in [0.15, 0.2) is 12.4 Å². The molecule has 0 radical (unpaired) electrons. The Kier molecular flexibility index (Phi) is 5.76. The van der Waals surface area contributed by atoms with E-state index >= 15 is 0 Å². The molecule has 1 heterocycles. The van der Waals surface area contributed by atoms with Crippen molar-refractivity contribution in [1.82, 2.24) is 0 Å². The van der Waals surface area contributed by atoms with Crippen molar-refractivity contribution in [3.63, 3.8) is 0 Å². The summed E-state index contributed by atoms with van der Waals surface area (Å²) in [5, 5.41) is 2.62. The highest BCUT2D eigenvalue weighted by atomic mass is 35.5. The molecule has 86 valence electrons. The molecule has 0 aliphatic carbocycles. The average Bonchev–Trinajstić information content (AvgIpc) is 2.42. The molecule has 0 bridgehead atoms. The van der Waals surface area contributed by atoms with Gasteiger partial charge in [-0.25, -0.2) is 4.98 Å². The van der Waals surface area contributed by atoms with Crippen LogP contribution in [-0.4, -0.2) is 0 Å². The molecule has 17 heavy (non-hydrogen) atoms. The molecule has 0 aliphatic heterocycles. The summed E-state index contributed by atoms with van der Waals surface area (Å²) in [6, 6.07) is 22.6. The van der Waals surface area contributed by atoms with Crippen LogP contribution in [0.4, 0.5) is 0 Å². The van der Waals surface area contributed by atoms with E-state index in [1.54, 1.807) is 0 Å². The van der Waals surface area contributed by atoms with E-state index in [0.717, 1.165) is 0 Å². The topological polar surface area (TPSA) is 14.1 Å². The molecule has 3 aromatic rings. The van der Waals surface area contributed by atoms with Gasteiger partial charge in [0.2, 0.25) is 0 Å². The van der Waals surface area contributed by atoms with Crippen molar-refractivity contribution in [3.05, 3.63) is 79.1 Å². The number of pyridine rings is 1. The Bertz CT molecular complexity index is 445. The molecule has 1 nitrogen and oxygen atoms in total. The molecule has 2 aromatic carbocycles. The number of fused-ring (bicyclic) bond motifs is 1. The van der Waals surface area contributed by atoms with Gasteiger partial charge in [-0.05, 0) is 10.8 Å². The van der Waals surface area contributed by atoms with Gasteiger partial charge in [0.1, 0.15) is 0 Å². The minimum Gasteiger partial charge on any atom is -1.00 e. The fraction of sp³-hybridized carbons (Fsp3) is 0. The summed E-state index contributed by atoms with van der Waals surface area (Å²) >= 11 is 0. The third kappa shape index (κ3) is 4.25. The Morgan fingerprint density at radius 2 is 0.941 bits per heavy atom. The third-order valence-electron chi connectivity index (χ3n) is 2.27. The van der Waals surface area contributed by atoms with E-state index in [1.807, 2.05) is 30.6 Å². The van der Waals surface area contributed by atoms with Crippen molar-refractivity contribution < 1.29 is 17.4 Å². The van der Waals surface area contributed by atoms with Gasteiger partial charge >= 0.3 is 0 Å². The van der Waals surface area contributed by atoms with Crippen LogP contribution in [0.2, 0.25) is 0 Å². The second kappa shape index (κ2) is 7.42. The van der Waals surface area contributed by atoms with Crippen LogP contribution < -0.4 is 17.4 Å². The highest BCUT2D eigenvalue weighted by molar-refractivity contribution is 5.81. The number of aromatic amines is 1. The van der Waals surface area contributed by atoms with Crippen LogP contribution in [-0.2, 0) is 0 Å². The van der Waals surface area contributed by atoms with Crippen molar-refractivity contribution in [2.75, 3.05) is 0 Å². The first-order chi connectivity index (χ1) is 7.97. The SMILES string of the molecule is [Cl-].c1cc[nH+]cc1.c1ccc2ccccc2c1. The monoisotopic (exact) mass is 243 g/mol. The molecule has 1 aromatic heterocycles. The number of hydrogen-bond acceptors (Lipinski definition) is 0. The standard InChI is InChI=1S/C10H8.C5H5N.ClH/c1-2-6-10-8-4-3-7-9(10)5-1;1-2-4-6-5-3-1;/h1-8H;1-5H;1H. The van der Waals surface area contributed by atoms with Crippen molar-refractivity contribution in [2.24, 2.45) is 0 Å². The summed E-state index contributed by atoms with van der Waals surface area (Å²) in [6.45, 7) is 0. The van der Waals surface area contributed by atoms with Crippen LogP contribution in [0.3, 0.4) is 0 Å². The van der Waals surface area contributed by atoms with Crippen molar-refractivity contribution in [3.8, 4) is 0 Å². The average molecular weight is 244 g/mol. The van der Waals surface area contributed by atoms with E-state index in [0.29, 0.717) is 0 Å². The minimum atomic E-state index is 0. The summed E-state index contributed by atoms with van der Waals surface area (Å²) in [5.41, 5.74) is 0. The van der Waals surface area contributed by atoms with Gasteiger partial charge in [-0.3, -0.25) is 0 Å². The lowest BCUT2D eigenvalue weighted by Crippen LogP contribution is -3.00. The van der Waals surface area contributed by atoms with Crippen molar-refractivity contribution in [2.45, 2.75) is 0 Å². The normalized spacial score (nSPS) is 8.71. The molecule has 0 unspecified atom stereocenters. The summed E-state index contributed by atoms with van der Waals surface area (Å²) < 4.78 is 0. The number of rotatable bonds is 0. The number of H-pyrrole nitrogens is 1. The van der Waals surface area contributed by atoms with E-state index < -0.39 is 0 Å². The molecule has 0 saturated heterocycles. The highest BCUT2D eigenvalue weighted by Crippen LogP contribution is 2.11. The lowest BCUT2D eigenvalue weighted by atomic mass is 10.1. The number of nitrogens with one attached hydrogen (secondary N) is 1. The molecular formula is C15H14ClN. The second-order valence-corrected chi connectivity index (χ2v) is 3.42. The third-order valence-corrected chi connectivity index (χ3v) is 2.27. The second-order valence-electron chi connectivity index (χ2n) is 3.42. The molecular weight excluding hydrogens is 230 g/mol. The number of hydrogen-bond donors (Lipinski definition) is 0. The van der Waals surface area contributed by atoms with Gasteiger partial charge in [0.05, 0.1) is 0 Å². The zero-order chi connectivity index (χ0) is 11.1. The molecule has 0 fully saturated rings. The minimum absolute atomic E-state index is 0. The largest absolute Gasteiger partial charge is 1.00 e. The quantitative estimate of drug-likeness (QED) is 0.541. The highest BCUT2D eigenvalue weighted by Gasteiger charge is 1.85. The maximum absolute atomic E-state index is 2.89. The van der Waals surface area contributed by atoms with E-state index in [4.69, 9.17) is 0 Å². The first-order valence-electron chi connectivity index (χ1n) is 5.32. The predicted molar refractivity (Wildman–Crippen MR) is 66.9 cm³/mol. The van der Waals surface area contributed by atoms with E-state index in [9.17, 15) is 0 Å². The molecule has 0 atom stereocenters. The zero-order valence-corrected chi connectivity index (χ0v) is 10.1. The molecule has 1 N–H and O–H groups in total. The van der Waals surface area contributed by atoms with Crippen LogP contribution in [0.5, 0.6) is 0 Å². The Balaban J connectivity index is 0.000000180. The first kappa shape index (κ1) is 13.2. The fourth-order valence-electron chi connectivity index (χ4n) is 1.47. The summed E-state index contributed by atoms with van der Waals surface area (Å²) in [6.07, 6.45) is 3.75. The first-order valence-corrected chi connectivity index (χ1v) is 5.32. The summed E-state index contributed by atoms with van der Waals surface area (Å²) in [4.78, 5) is 2.89. The predicted octanol–water partition coefficient (Wildman–Crippen LogP) is 0.345. The Labute approximate surface area is 108 Å². The molecule has 3 rings (SSSR count). The Morgan fingerprint density at radius 1 is 0.529 bits per heavy atom. The van der Waals surface area contributed by atoms with Crippen LogP contribution in [0.25, 0.3) is 10.8 Å². The van der Waals surface area contributed by atoms with Crippen molar-refractivity contribution >= 4 is 10.8 Å². The molecule has 0 amide bonds. The smallest absolute Gasteiger partial charge is 0.166 e. The zero-order valence-electron chi connectivity index (χ0n) is 9.38. The Morgan fingerprint density at radius 3 is 1.18 bits per heavy atom. The van der Waals surface area contributed by atoms with Gasteiger partial charge in [-0.2, -0.15) is 0 Å².